The van der Waals surface area contributed by atoms with E-state index < -0.39 is 0 Å². The van der Waals surface area contributed by atoms with E-state index in [0.717, 1.165) is 29.4 Å². The number of hydrogen-bond acceptors (Lipinski definition) is 5. The van der Waals surface area contributed by atoms with Crippen molar-refractivity contribution in [2.75, 3.05) is 18.5 Å². The van der Waals surface area contributed by atoms with Crippen LogP contribution in [0.25, 0.3) is 11.0 Å². The smallest absolute Gasteiger partial charge is 0.277 e. The van der Waals surface area contributed by atoms with Crippen LogP contribution in [-0.2, 0) is 4.74 Å². The maximum atomic E-state index is 12.4. The van der Waals surface area contributed by atoms with Crippen molar-refractivity contribution < 1.29 is 18.4 Å². The first-order chi connectivity index (χ1) is 11.7. The van der Waals surface area contributed by atoms with Crippen LogP contribution in [0.2, 0.25) is 0 Å². The number of anilines is 1. The van der Waals surface area contributed by atoms with E-state index in [-0.39, 0.29) is 11.8 Å². The second-order valence-electron chi connectivity index (χ2n) is 6.04. The quantitative estimate of drug-likeness (QED) is 0.790. The Hall–Kier alpha value is -2.60. The van der Waals surface area contributed by atoms with Gasteiger partial charge in [0.2, 0.25) is 0 Å². The van der Waals surface area contributed by atoms with Crippen molar-refractivity contribution >= 4 is 22.6 Å². The number of rotatable bonds is 3. The van der Waals surface area contributed by atoms with Gasteiger partial charge in [-0.2, -0.15) is 0 Å². The zero-order chi connectivity index (χ0) is 16.5. The fourth-order valence-electron chi connectivity index (χ4n) is 2.95. The lowest BCUT2D eigenvalue weighted by atomic mass is 10.0. The molecule has 6 heteroatoms. The Bertz CT molecular complexity index is 874. The zero-order valence-electron chi connectivity index (χ0n) is 13.4. The van der Waals surface area contributed by atoms with E-state index in [4.69, 9.17) is 13.6 Å². The Balaban J connectivity index is 1.50. The second-order valence-corrected chi connectivity index (χ2v) is 6.04. The van der Waals surface area contributed by atoms with E-state index in [1.807, 2.05) is 25.1 Å². The van der Waals surface area contributed by atoms with Crippen molar-refractivity contribution in [1.29, 1.82) is 0 Å². The van der Waals surface area contributed by atoms with E-state index in [2.05, 4.69) is 10.3 Å². The first kappa shape index (κ1) is 15.0. The molecule has 3 aromatic rings. The number of benzene rings is 1. The van der Waals surface area contributed by atoms with Crippen LogP contribution in [0.5, 0.6) is 0 Å². The summed E-state index contributed by atoms with van der Waals surface area (Å²) in [5, 5.41) is 3.84. The first-order valence-corrected chi connectivity index (χ1v) is 8.03. The first-order valence-electron chi connectivity index (χ1n) is 8.03. The Labute approximate surface area is 138 Å². The molecule has 4 rings (SSSR count). The van der Waals surface area contributed by atoms with Crippen LogP contribution in [-0.4, -0.2) is 24.1 Å². The molecule has 24 heavy (non-hydrogen) atoms. The number of carbonyl (C=O) groups excluding carboxylic acids is 1. The molecule has 0 unspecified atom stereocenters. The monoisotopic (exact) mass is 326 g/mol. The summed E-state index contributed by atoms with van der Waals surface area (Å²) in [6.07, 6.45) is 4.87. The van der Waals surface area contributed by atoms with Gasteiger partial charge in [0.05, 0.1) is 6.26 Å². The van der Waals surface area contributed by atoms with Crippen molar-refractivity contribution in [1.82, 2.24) is 4.98 Å². The van der Waals surface area contributed by atoms with Crippen LogP contribution in [0.1, 0.15) is 40.7 Å². The van der Waals surface area contributed by atoms with Gasteiger partial charge < -0.3 is 18.9 Å². The third-order valence-electron chi connectivity index (χ3n) is 4.35. The van der Waals surface area contributed by atoms with E-state index in [9.17, 15) is 4.79 Å². The molecule has 0 atom stereocenters. The number of fused-ring (bicyclic) bond motifs is 1. The SMILES string of the molecule is Cc1coc2ccc(NC(=O)c3coc(C4CCOCC4)n3)cc12. The van der Waals surface area contributed by atoms with Gasteiger partial charge in [0.1, 0.15) is 11.8 Å². The Morgan fingerprint density at radius 1 is 1.21 bits per heavy atom. The van der Waals surface area contributed by atoms with Gasteiger partial charge >= 0.3 is 0 Å². The summed E-state index contributed by atoms with van der Waals surface area (Å²) in [4.78, 5) is 16.7. The molecular weight excluding hydrogens is 308 g/mol. The molecular formula is C18H18N2O4. The summed E-state index contributed by atoms with van der Waals surface area (Å²) >= 11 is 0. The number of hydrogen-bond donors (Lipinski definition) is 1. The average Bonchev–Trinajstić information content (AvgIpc) is 3.24. The van der Waals surface area contributed by atoms with Crippen LogP contribution in [0.3, 0.4) is 0 Å². The van der Waals surface area contributed by atoms with Gasteiger partial charge in [0.25, 0.3) is 5.91 Å². The molecule has 2 aromatic heterocycles. The predicted octanol–water partition coefficient (Wildman–Crippen LogP) is 3.88. The molecule has 1 amide bonds. The number of aryl methyl sites for hydroxylation is 1. The minimum atomic E-state index is -0.280. The molecule has 0 aliphatic carbocycles. The lowest BCUT2D eigenvalue weighted by Crippen LogP contribution is -2.15. The molecule has 1 saturated heterocycles. The highest BCUT2D eigenvalue weighted by molar-refractivity contribution is 6.03. The van der Waals surface area contributed by atoms with E-state index in [0.29, 0.717) is 30.5 Å². The molecule has 6 nitrogen and oxygen atoms in total. The Morgan fingerprint density at radius 2 is 2.04 bits per heavy atom. The number of ether oxygens (including phenoxy) is 1. The van der Waals surface area contributed by atoms with Crippen LogP contribution in [0.15, 0.2) is 39.6 Å². The van der Waals surface area contributed by atoms with E-state index in [1.165, 1.54) is 6.26 Å². The number of carbonyl (C=O) groups is 1. The molecule has 0 saturated carbocycles. The third-order valence-corrected chi connectivity index (χ3v) is 4.35. The average molecular weight is 326 g/mol. The molecule has 0 bridgehead atoms. The van der Waals surface area contributed by atoms with Gasteiger partial charge in [-0.1, -0.05) is 0 Å². The van der Waals surface area contributed by atoms with Gasteiger partial charge in [-0.25, -0.2) is 4.98 Å². The van der Waals surface area contributed by atoms with E-state index in [1.54, 1.807) is 6.26 Å². The zero-order valence-corrected chi connectivity index (χ0v) is 13.4. The number of nitrogens with zero attached hydrogens (tertiary/aromatic N) is 1. The highest BCUT2D eigenvalue weighted by Gasteiger charge is 2.22. The Morgan fingerprint density at radius 3 is 2.88 bits per heavy atom. The standard InChI is InChI=1S/C18H18N2O4/c1-11-9-23-16-3-2-13(8-14(11)16)19-17(21)15-10-24-18(20-15)12-4-6-22-7-5-12/h2-3,8-10,12H,4-7H2,1H3,(H,19,21). The third kappa shape index (κ3) is 2.80. The van der Waals surface area contributed by atoms with Crippen molar-refractivity contribution in [3.8, 4) is 0 Å². The van der Waals surface area contributed by atoms with Crippen molar-refractivity contribution in [3.05, 3.63) is 47.9 Å². The molecule has 1 N–H and O–H groups in total. The molecule has 124 valence electrons. The molecule has 0 spiro atoms. The maximum absolute atomic E-state index is 12.4. The number of furan rings is 1. The Kier molecular flexibility index (Phi) is 3.82. The van der Waals surface area contributed by atoms with Crippen molar-refractivity contribution in [2.45, 2.75) is 25.7 Å². The molecule has 3 heterocycles. The number of aromatic nitrogens is 1. The summed E-state index contributed by atoms with van der Waals surface area (Å²) in [5.41, 5.74) is 2.83. The van der Waals surface area contributed by atoms with Crippen molar-refractivity contribution in [3.63, 3.8) is 0 Å². The molecule has 0 radical (unpaired) electrons. The van der Waals surface area contributed by atoms with Gasteiger partial charge in [0, 0.05) is 30.2 Å². The van der Waals surface area contributed by atoms with Crippen LogP contribution in [0.4, 0.5) is 5.69 Å². The summed E-state index contributed by atoms with van der Waals surface area (Å²) in [6.45, 7) is 3.38. The van der Waals surface area contributed by atoms with Crippen LogP contribution < -0.4 is 5.32 Å². The fraction of sp³-hybridized carbons (Fsp3) is 0.333. The topological polar surface area (TPSA) is 77.5 Å². The fourth-order valence-corrected chi connectivity index (χ4v) is 2.95. The summed E-state index contributed by atoms with van der Waals surface area (Å²) in [6, 6.07) is 5.54. The van der Waals surface area contributed by atoms with Gasteiger partial charge in [-0.05, 0) is 43.5 Å². The molecule has 1 aromatic carbocycles. The molecule has 1 aliphatic rings. The lowest BCUT2D eigenvalue weighted by molar-refractivity contribution is 0.0794. The van der Waals surface area contributed by atoms with Gasteiger partial charge in [-0.15, -0.1) is 0 Å². The highest BCUT2D eigenvalue weighted by atomic mass is 16.5. The highest BCUT2D eigenvalue weighted by Crippen LogP contribution is 2.27. The number of nitrogens with one attached hydrogen (secondary N) is 1. The predicted molar refractivity (Wildman–Crippen MR) is 88.2 cm³/mol. The summed E-state index contributed by atoms with van der Waals surface area (Å²) < 4.78 is 16.2. The number of oxazole rings is 1. The van der Waals surface area contributed by atoms with Gasteiger partial charge in [0.15, 0.2) is 11.6 Å². The van der Waals surface area contributed by atoms with E-state index >= 15 is 0 Å². The van der Waals surface area contributed by atoms with Crippen molar-refractivity contribution in [2.24, 2.45) is 0 Å². The van der Waals surface area contributed by atoms with Crippen LogP contribution in [0, 0.1) is 6.92 Å². The minimum absolute atomic E-state index is 0.227. The summed E-state index contributed by atoms with van der Waals surface area (Å²) in [5.74, 6) is 0.562. The minimum Gasteiger partial charge on any atom is -0.464 e. The number of amides is 1. The second kappa shape index (κ2) is 6.13. The summed E-state index contributed by atoms with van der Waals surface area (Å²) in [7, 11) is 0. The largest absolute Gasteiger partial charge is 0.464 e. The van der Waals surface area contributed by atoms with Crippen LogP contribution >= 0.6 is 0 Å². The normalized spacial score (nSPS) is 15.7. The maximum Gasteiger partial charge on any atom is 0.277 e. The molecule has 1 aliphatic heterocycles. The lowest BCUT2D eigenvalue weighted by Gasteiger charge is -2.18. The van der Waals surface area contributed by atoms with Gasteiger partial charge in [-0.3, -0.25) is 4.79 Å². The molecule has 1 fully saturated rings.